The molecule has 2 heterocycles. The zero-order valence-electron chi connectivity index (χ0n) is 12.4. The smallest absolute Gasteiger partial charge is 0.265 e. The number of thiazole rings is 1. The van der Waals surface area contributed by atoms with Crippen molar-refractivity contribution >= 4 is 28.2 Å². The van der Waals surface area contributed by atoms with E-state index < -0.39 is 0 Å². The first kappa shape index (κ1) is 14.6. The fraction of sp³-hybridized carbons (Fsp3) is 0.714. The maximum absolute atomic E-state index is 12.3. The van der Waals surface area contributed by atoms with Gasteiger partial charge in [0.05, 0.1) is 0 Å². The Morgan fingerprint density at radius 2 is 2.29 bits per heavy atom. The first-order chi connectivity index (χ1) is 10.2. The Labute approximate surface area is 129 Å². The van der Waals surface area contributed by atoms with Crippen LogP contribution in [0.2, 0.25) is 0 Å². The molecule has 1 atom stereocenters. The van der Waals surface area contributed by atoms with E-state index in [9.17, 15) is 4.79 Å². The van der Waals surface area contributed by atoms with Crippen molar-refractivity contribution in [1.29, 1.82) is 0 Å². The minimum absolute atomic E-state index is 0.100. The quantitative estimate of drug-likeness (QED) is 0.742. The largest absolute Gasteiger partial charge is 0.382 e. The number of nitrogens with zero attached hydrogens (tertiary/aromatic N) is 2. The summed E-state index contributed by atoms with van der Waals surface area (Å²) in [6, 6.07) is 0.972. The molecular weight excluding hydrogens is 286 g/mol. The normalized spacial score (nSPS) is 22.4. The summed E-state index contributed by atoms with van der Waals surface area (Å²) in [6.07, 6.45) is 4.72. The molecule has 7 heteroatoms. The molecule has 0 bridgehead atoms. The second-order valence-electron chi connectivity index (χ2n) is 5.79. The van der Waals surface area contributed by atoms with Crippen LogP contribution in [0.1, 0.15) is 42.3 Å². The molecule has 6 nitrogen and oxygen atoms in total. The monoisotopic (exact) mass is 309 g/mol. The van der Waals surface area contributed by atoms with Gasteiger partial charge in [-0.05, 0) is 38.8 Å². The standard InChI is InChI=1S/C14H23N5OS/c1-2-19-7-3-4-10(19)8-16-13(20)11-12(15)18-14(21-11)17-9-5-6-9/h9-10H,2-8,15H2,1H3,(H,16,20)(H,17,18). The van der Waals surface area contributed by atoms with Gasteiger partial charge in [-0.1, -0.05) is 18.3 Å². The highest BCUT2D eigenvalue weighted by Gasteiger charge is 2.26. The number of likely N-dealkylation sites (tertiary alicyclic amines) is 1. The lowest BCUT2D eigenvalue weighted by Crippen LogP contribution is -2.39. The molecule has 1 aromatic heterocycles. The average Bonchev–Trinajstić information content (AvgIpc) is 3.03. The molecule has 1 amide bonds. The lowest BCUT2D eigenvalue weighted by Gasteiger charge is -2.22. The molecule has 0 radical (unpaired) electrons. The predicted octanol–water partition coefficient (Wildman–Crippen LogP) is 1.51. The van der Waals surface area contributed by atoms with Gasteiger partial charge < -0.3 is 16.4 Å². The fourth-order valence-electron chi connectivity index (χ4n) is 2.79. The van der Waals surface area contributed by atoms with Crippen LogP contribution in [-0.4, -0.2) is 47.5 Å². The molecule has 21 heavy (non-hydrogen) atoms. The number of rotatable bonds is 6. The number of nitrogens with one attached hydrogen (secondary N) is 2. The van der Waals surface area contributed by atoms with Crippen LogP contribution in [-0.2, 0) is 0 Å². The molecule has 2 aliphatic rings. The van der Waals surface area contributed by atoms with E-state index in [1.807, 2.05) is 0 Å². The number of nitrogens with two attached hydrogens (primary N) is 1. The molecular formula is C14H23N5OS. The Hall–Kier alpha value is -1.34. The number of anilines is 2. The third-order valence-corrected chi connectivity index (χ3v) is 5.17. The van der Waals surface area contributed by atoms with Gasteiger partial charge in [0.15, 0.2) is 5.13 Å². The molecule has 0 spiro atoms. The second kappa shape index (κ2) is 6.19. The lowest BCUT2D eigenvalue weighted by molar-refractivity contribution is 0.0946. The van der Waals surface area contributed by atoms with Crippen LogP contribution in [0, 0.1) is 0 Å². The highest BCUT2D eigenvalue weighted by Crippen LogP contribution is 2.30. The van der Waals surface area contributed by atoms with Crippen molar-refractivity contribution < 1.29 is 4.79 Å². The third-order valence-electron chi connectivity index (χ3n) is 4.17. The van der Waals surface area contributed by atoms with Crippen molar-refractivity contribution in [1.82, 2.24) is 15.2 Å². The van der Waals surface area contributed by atoms with Crippen molar-refractivity contribution in [2.24, 2.45) is 0 Å². The molecule has 2 fully saturated rings. The third kappa shape index (κ3) is 3.47. The number of aromatic nitrogens is 1. The summed E-state index contributed by atoms with van der Waals surface area (Å²) >= 11 is 1.35. The van der Waals surface area contributed by atoms with E-state index in [-0.39, 0.29) is 5.91 Å². The van der Waals surface area contributed by atoms with Gasteiger partial charge in [0.25, 0.3) is 5.91 Å². The molecule has 3 rings (SSSR count). The molecule has 1 unspecified atom stereocenters. The van der Waals surface area contributed by atoms with Crippen molar-refractivity contribution in [3.63, 3.8) is 0 Å². The summed E-state index contributed by atoms with van der Waals surface area (Å²) in [5.74, 6) is 0.233. The first-order valence-electron chi connectivity index (χ1n) is 7.72. The van der Waals surface area contributed by atoms with Gasteiger partial charge in [0.1, 0.15) is 10.7 Å². The van der Waals surface area contributed by atoms with E-state index in [0.29, 0.717) is 29.3 Å². The maximum atomic E-state index is 12.3. The number of likely N-dealkylation sites (N-methyl/N-ethyl adjacent to an activating group) is 1. The molecule has 0 aromatic carbocycles. The molecule has 1 aromatic rings. The van der Waals surface area contributed by atoms with Gasteiger partial charge in [0.2, 0.25) is 0 Å². The molecule has 1 saturated carbocycles. The summed E-state index contributed by atoms with van der Waals surface area (Å²) < 4.78 is 0. The van der Waals surface area contributed by atoms with E-state index >= 15 is 0 Å². The highest BCUT2D eigenvalue weighted by atomic mass is 32.1. The van der Waals surface area contributed by atoms with Crippen molar-refractivity contribution in [2.45, 2.75) is 44.7 Å². The minimum atomic E-state index is -0.100. The van der Waals surface area contributed by atoms with Crippen LogP contribution < -0.4 is 16.4 Å². The van der Waals surface area contributed by atoms with E-state index in [0.717, 1.165) is 24.6 Å². The van der Waals surface area contributed by atoms with Crippen molar-refractivity contribution in [2.75, 3.05) is 30.7 Å². The number of carbonyl (C=O) groups excluding carboxylic acids is 1. The van der Waals surface area contributed by atoms with Crippen LogP contribution in [0.15, 0.2) is 0 Å². The Bertz CT molecular complexity index is 513. The summed E-state index contributed by atoms with van der Waals surface area (Å²) in [6.45, 7) is 5.03. The van der Waals surface area contributed by atoms with Gasteiger partial charge in [-0.2, -0.15) is 0 Å². The lowest BCUT2D eigenvalue weighted by atomic mass is 10.2. The van der Waals surface area contributed by atoms with Crippen LogP contribution >= 0.6 is 11.3 Å². The SMILES string of the molecule is CCN1CCCC1CNC(=O)c1sc(NC2CC2)nc1N. The molecule has 1 aliphatic heterocycles. The maximum Gasteiger partial charge on any atom is 0.265 e. The summed E-state index contributed by atoms with van der Waals surface area (Å²) in [4.78, 5) is 19.4. The van der Waals surface area contributed by atoms with E-state index in [2.05, 4.69) is 27.4 Å². The van der Waals surface area contributed by atoms with E-state index in [1.54, 1.807) is 0 Å². The zero-order chi connectivity index (χ0) is 14.8. The predicted molar refractivity (Wildman–Crippen MR) is 85.8 cm³/mol. The average molecular weight is 309 g/mol. The topological polar surface area (TPSA) is 83.3 Å². The van der Waals surface area contributed by atoms with Gasteiger partial charge in [0, 0.05) is 18.6 Å². The van der Waals surface area contributed by atoms with Crippen LogP contribution in [0.25, 0.3) is 0 Å². The number of hydrogen-bond donors (Lipinski definition) is 3. The van der Waals surface area contributed by atoms with Gasteiger partial charge in [-0.15, -0.1) is 0 Å². The van der Waals surface area contributed by atoms with Crippen LogP contribution in [0.4, 0.5) is 10.9 Å². The van der Waals surface area contributed by atoms with Crippen LogP contribution in [0.5, 0.6) is 0 Å². The zero-order valence-corrected chi connectivity index (χ0v) is 13.2. The first-order valence-corrected chi connectivity index (χ1v) is 8.54. The molecule has 1 aliphatic carbocycles. The Balaban J connectivity index is 1.55. The summed E-state index contributed by atoms with van der Waals surface area (Å²) in [5, 5.41) is 7.06. The highest BCUT2D eigenvalue weighted by molar-refractivity contribution is 7.18. The molecule has 4 N–H and O–H groups in total. The van der Waals surface area contributed by atoms with E-state index in [4.69, 9.17) is 5.73 Å². The molecule has 116 valence electrons. The van der Waals surface area contributed by atoms with Gasteiger partial charge in [-0.25, -0.2) is 4.98 Å². The number of hydrogen-bond acceptors (Lipinski definition) is 6. The summed E-state index contributed by atoms with van der Waals surface area (Å²) in [5.41, 5.74) is 5.86. The van der Waals surface area contributed by atoms with Crippen molar-refractivity contribution in [3.8, 4) is 0 Å². The second-order valence-corrected chi connectivity index (χ2v) is 6.79. The van der Waals surface area contributed by atoms with Crippen molar-refractivity contribution in [3.05, 3.63) is 4.88 Å². The number of amides is 1. The molecule has 1 saturated heterocycles. The Morgan fingerprint density at radius 3 is 3.00 bits per heavy atom. The number of nitrogen functional groups attached to an aromatic ring is 1. The Kier molecular flexibility index (Phi) is 4.30. The van der Waals surface area contributed by atoms with E-state index in [1.165, 1.54) is 30.6 Å². The van der Waals surface area contributed by atoms with Crippen LogP contribution in [0.3, 0.4) is 0 Å². The Morgan fingerprint density at radius 1 is 1.48 bits per heavy atom. The van der Waals surface area contributed by atoms with Gasteiger partial charge >= 0.3 is 0 Å². The van der Waals surface area contributed by atoms with Gasteiger partial charge in [-0.3, -0.25) is 9.69 Å². The number of carbonyl (C=O) groups is 1. The minimum Gasteiger partial charge on any atom is -0.382 e. The summed E-state index contributed by atoms with van der Waals surface area (Å²) in [7, 11) is 0. The fourth-order valence-corrected chi connectivity index (χ4v) is 3.67.